The van der Waals surface area contributed by atoms with Crippen molar-refractivity contribution in [3.63, 3.8) is 0 Å². The van der Waals surface area contributed by atoms with E-state index in [-0.39, 0.29) is 22.6 Å². The van der Waals surface area contributed by atoms with E-state index in [1.807, 2.05) is 13.8 Å². The van der Waals surface area contributed by atoms with E-state index in [0.29, 0.717) is 39.3 Å². The summed E-state index contributed by atoms with van der Waals surface area (Å²) >= 11 is 5.72. The number of hydrogen-bond donors (Lipinski definition) is 1. The molecule has 1 aliphatic heterocycles. The van der Waals surface area contributed by atoms with Crippen LogP contribution in [-0.4, -0.2) is 72.5 Å². The van der Waals surface area contributed by atoms with Gasteiger partial charge in [-0.1, -0.05) is 11.6 Å². The van der Waals surface area contributed by atoms with Gasteiger partial charge in [0.05, 0.1) is 12.2 Å². The van der Waals surface area contributed by atoms with Crippen molar-refractivity contribution >= 4 is 29.2 Å². The molecule has 1 saturated heterocycles. The Bertz CT molecular complexity index is 640. The van der Waals surface area contributed by atoms with Gasteiger partial charge < -0.3 is 15.1 Å². The topological polar surface area (TPSA) is 55.9 Å². The van der Waals surface area contributed by atoms with Gasteiger partial charge in [-0.05, 0) is 38.5 Å². The van der Waals surface area contributed by atoms with Gasteiger partial charge in [0, 0.05) is 44.3 Å². The fourth-order valence-electron chi connectivity index (χ4n) is 2.98. The molecule has 1 N–H and O–H groups in total. The Kier molecular flexibility index (Phi) is 7.66. The number of rotatable bonds is 5. The predicted octanol–water partition coefficient (Wildman–Crippen LogP) is 2.89. The molecule has 26 heavy (non-hydrogen) atoms. The van der Waals surface area contributed by atoms with Gasteiger partial charge in [0.2, 0.25) is 5.91 Å². The molecule has 3 amide bonds. The molecule has 1 aromatic rings. The second-order valence-corrected chi connectivity index (χ2v) is 6.67. The predicted molar refractivity (Wildman–Crippen MR) is 101 cm³/mol. The van der Waals surface area contributed by atoms with Crippen molar-refractivity contribution in [1.82, 2.24) is 14.7 Å². The molecule has 1 fully saturated rings. The van der Waals surface area contributed by atoms with Crippen LogP contribution < -0.4 is 5.32 Å². The molecule has 6 nitrogen and oxygen atoms in total. The maximum Gasteiger partial charge on any atom is 0.321 e. The Labute approximate surface area is 158 Å². The Balaban J connectivity index is 1.89. The highest BCUT2D eigenvalue weighted by atomic mass is 35.5. The molecule has 1 aliphatic rings. The zero-order chi connectivity index (χ0) is 19.1. The summed E-state index contributed by atoms with van der Waals surface area (Å²) in [5.74, 6) is -0.455. The number of halogens is 2. The average molecular weight is 385 g/mol. The number of urea groups is 1. The first kappa shape index (κ1) is 20.5. The number of hydrogen-bond acceptors (Lipinski definition) is 3. The van der Waals surface area contributed by atoms with Gasteiger partial charge in [-0.2, -0.15) is 0 Å². The lowest BCUT2D eigenvalue weighted by Gasteiger charge is -2.25. The van der Waals surface area contributed by atoms with E-state index in [0.717, 1.165) is 13.0 Å². The Morgan fingerprint density at radius 3 is 2.58 bits per heavy atom. The number of carbonyl (C=O) groups is 2. The minimum absolute atomic E-state index is 0.108. The van der Waals surface area contributed by atoms with Gasteiger partial charge in [-0.15, -0.1) is 0 Å². The van der Waals surface area contributed by atoms with E-state index >= 15 is 0 Å². The largest absolute Gasteiger partial charge is 0.342 e. The Morgan fingerprint density at radius 1 is 1.19 bits per heavy atom. The van der Waals surface area contributed by atoms with E-state index in [2.05, 4.69) is 10.2 Å². The van der Waals surface area contributed by atoms with Crippen LogP contribution in [0.25, 0.3) is 0 Å². The SMILES string of the molecule is CCN(CC)C(=O)CN1CCCN(C(=O)Nc2ccc(Cl)cc2F)CC1. The molecular formula is C18H26ClFN4O2. The average Bonchev–Trinajstić information content (AvgIpc) is 2.84. The summed E-state index contributed by atoms with van der Waals surface area (Å²) in [6.45, 7) is 8.12. The van der Waals surface area contributed by atoms with E-state index in [9.17, 15) is 14.0 Å². The number of nitrogens with zero attached hydrogens (tertiary/aromatic N) is 3. The third-order valence-corrected chi connectivity index (χ3v) is 4.76. The number of benzene rings is 1. The summed E-state index contributed by atoms with van der Waals surface area (Å²) in [4.78, 5) is 30.2. The van der Waals surface area contributed by atoms with Gasteiger partial charge in [-0.3, -0.25) is 9.69 Å². The van der Waals surface area contributed by atoms with E-state index in [4.69, 9.17) is 11.6 Å². The summed E-state index contributed by atoms with van der Waals surface area (Å²) in [6, 6.07) is 3.80. The van der Waals surface area contributed by atoms with Crippen LogP contribution in [-0.2, 0) is 4.79 Å². The second-order valence-electron chi connectivity index (χ2n) is 6.24. The van der Waals surface area contributed by atoms with Crippen molar-refractivity contribution in [1.29, 1.82) is 0 Å². The number of anilines is 1. The molecule has 0 bridgehead atoms. The molecule has 0 aromatic heterocycles. The van der Waals surface area contributed by atoms with Crippen LogP contribution in [0.15, 0.2) is 18.2 Å². The van der Waals surface area contributed by atoms with E-state index in [1.54, 1.807) is 9.80 Å². The first-order valence-corrected chi connectivity index (χ1v) is 9.33. The van der Waals surface area contributed by atoms with Crippen molar-refractivity contribution in [2.24, 2.45) is 0 Å². The normalized spacial score (nSPS) is 15.5. The lowest BCUT2D eigenvalue weighted by Crippen LogP contribution is -2.42. The van der Waals surface area contributed by atoms with Crippen LogP contribution in [0.3, 0.4) is 0 Å². The van der Waals surface area contributed by atoms with Crippen LogP contribution in [0.5, 0.6) is 0 Å². The van der Waals surface area contributed by atoms with Crippen molar-refractivity contribution in [3.05, 3.63) is 29.0 Å². The van der Waals surface area contributed by atoms with Gasteiger partial charge in [0.25, 0.3) is 0 Å². The standard InChI is InChI=1S/C18H26ClFN4O2/c1-3-23(4-2)17(25)13-22-8-5-9-24(11-10-22)18(26)21-16-7-6-14(19)12-15(16)20/h6-7,12H,3-5,8-11,13H2,1-2H3,(H,21,26). The van der Waals surface area contributed by atoms with Crippen molar-refractivity contribution < 1.29 is 14.0 Å². The summed E-state index contributed by atoms with van der Waals surface area (Å²) < 4.78 is 13.8. The highest BCUT2D eigenvalue weighted by Gasteiger charge is 2.22. The first-order valence-electron chi connectivity index (χ1n) is 8.95. The smallest absolute Gasteiger partial charge is 0.321 e. The Hall–Kier alpha value is -1.86. The number of amides is 3. The molecule has 144 valence electrons. The van der Waals surface area contributed by atoms with Gasteiger partial charge in [-0.25, -0.2) is 9.18 Å². The fourth-order valence-corrected chi connectivity index (χ4v) is 3.14. The molecule has 0 spiro atoms. The summed E-state index contributed by atoms with van der Waals surface area (Å²) in [5.41, 5.74) is 0.109. The molecular weight excluding hydrogens is 359 g/mol. The zero-order valence-electron chi connectivity index (χ0n) is 15.3. The third-order valence-electron chi connectivity index (χ3n) is 4.52. The molecule has 0 atom stereocenters. The highest BCUT2D eigenvalue weighted by Crippen LogP contribution is 2.19. The quantitative estimate of drug-likeness (QED) is 0.849. The molecule has 1 heterocycles. The first-order chi connectivity index (χ1) is 12.4. The Morgan fingerprint density at radius 2 is 1.92 bits per heavy atom. The molecule has 0 radical (unpaired) electrons. The maximum absolute atomic E-state index is 13.8. The number of likely N-dealkylation sites (N-methyl/N-ethyl adjacent to an activating group) is 1. The van der Waals surface area contributed by atoms with E-state index < -0.39 is 5.82 Å². The number of carbonyl (C=O) groups excluding carboxylic acids is 2. The minimum atomic E-state index is -0.563. The van der Waals surface area contributed by atoms with Crippen LogP contribution >= 0.6 is 11.6 Å². The molecule has 0 aliphatic carbocycles. The van der Waals surface area contributed by atoms with E-state index in [1.165, 1.54) is 18.2 Å². The molecule has 1 aromatic carbocycles. The molecule has 2 rings (SSSR count). The maximum atomic E-state index is 13.8. The lowest BCUT2D eigenvalue weighted by molar-refractivity contribution is -0.132. The van der Waals surface area contributed by atoms with Crippen LogP contribution in [0.4, 0.5) is 14.9 Å². The molecule has 0 saturated carbocycles. The summed E-state index contributed by atoms with van der Waals surface area (Å²) in [7, 11) is 0. The highest BCUT2D eigenvalue weighted by molar-refractivity contribution is 6.30. The van der Waals surface area contributed by atoms with Gasteiger partial charge in [0.15, 0.2) is 0 Å². The number of nitrogens with one attached hydrogen (secondary N) is 1. The minimum Gasteiger partial charge on any atom is -0.342 e. The summed E-state index contributed by atoms with van der Waals surface area (Å²) in [6.07, 6.45) is 0.766. The molecule has 0 unspecified atom stereocenters. The van der Waals surface area contributed by atoms with Gasteiger partial charge >= 0.3 is 6.03 Å². The molecule has 8 heteroatoms. The second kappa shape index (κ2) is 9.73. The van der Waals surface area contributed by atoms with Crippen LogP contribution in [0.1, 0.15) is 20.3 Å². The third kappa shape index (κ3) is 5.57. The fraction of sp³-hybridized carbons (Fsp3) is 0.556. The lowest BCUT2D eigenvalue weighted by atomic mass is 10.3. The van der Waals surface area contributed by atoms with Crippen LogP contribution in [0, 0.1) is 5.82 Å². The summed E-state index contributed by atoms with van der Waals surface area (Å²) in [5, 5.41) is 2.87. The zero-order valence-corrected chi connectivity index (χ0v) is 16.1. The van der Waals surface area contributed by atoms with Crippen molar-refractivity contribution in [2.75, 3.05) is 51.1 Å². The van der Waals surface area contributed by atoms with Crippen LogP contribution in [0.2, 0.25) is 5.02 Å². The monoisotopic (exact) mass is 384 g/mol. The van der Waals surface area contributed by atoms with Crippen molar-refractivity contribution in [3.8, 4) is 0 Å². The van der Waals surface area contributed by atoms with Gasteiger partial charge in [0.1, 0.15) is 5.82 Å². The van der Waals surface area contributed by atoms with Crippen molar-refractivity contribution in [2.45, 2.75) is 20.3 Å².